The Balaban J connectivity index is 0.000000158. The van der Waals surface area contributed by atoms with Crippen LogP contribution in [0.25, 0.3) is 0 Å². The predicted octanol–water partition coefficient (Wildman–Crippen LogP) is 13.8. The summed E-state index contributed by atoms with van der Waals surface area (Å²) in [6.07, 6.45) is 4.15. The molecule has 28 heteroatoms. The molecule has 0 radical (unpaired) electrons. The fourth-order valence-corrected chi connectivity index (χ4v) is 23.4. The van der Waals surface area contributed by atoms with Crippen molar-refractivity contribution < 1.29 is 84.9 Å². The number of H-pyrrole nitrogens is 1. The van der Waals surface area contributed by atoms with Crippen molar-refractivity contribution in [3.63, 3.8) is 0 Å². The van der Waals surface area contributed by atoms with Gasteiger partial charge in [-0.15, -0.1) is 5.10 Å². The van der Waals surface area contributed by atoms with Crippen LogP contribution in [0, 0.1) is 34.9 Å². The molecule has 0 amide bonds. The number of hydrogen-bond donors (Lipinski definition) is 2. The number of aliphatic carboxylic acids is 1. The number of ketones is 1. The molecule has 6 atom stereocenters. The molecule has 2 N–H and O–H groups in total. The third-order valence-corrected chi connectivity index (χ3v) is 30.1. The van der Waals surface area contributed by atoms with Crippen molar-refractivity contribution in [1.82, 2.24) is 23.1 Å². The van der Waals surface area contributed by atoms with Crippen LogP contribution in [-0.4, -0.2) is 121 Å². The molecule has 566 valence electrons. The van der Waals surface area contributed by atoms with Gasteiger partial charge in [-0.3, -0.25) is 9.59 Å². The lowest BCUT2D eigenvalue weighted by Gasteiger charge is -2.52. The van der Waals surface area contributed by atoms with E-state index in [9.17, 15) is 44.7 Å². The molecule has 3 aliphatic carbocycles. The van der Waals surface area contributed by atoms with Gasteiger partial charge in [-0.2, -0.15) is 12.9 Å². The third-order valence-electron chi connectivity index (χ3n) is 23.0. The van der Waals surface area contributed by atoms with E-state index < -0.39 is 125 Å². The minimum absolute atomic E-state index is 0.00693. The van der Waals surface area contributed by atoms with Crippen molar-refractivity contribution in [3.8, 4) is 0 Å². The average molecular weight is 1520 g/mol. The van der Waals surface area contributed by atoms with Crippen LogP contribution in [0.2, 0.25) is 0 Å². The number of carbonyl (C=O) groups is 2. The number of carboxylic acid groups (broad SMARTS) is 1. The van der Waals surface area contributed by atoms with Crippen LogP contribution < -0.4 is 5.76 Å². The summed E-state index contributed by atoms with van der Waals surface area (Å²) in [5.74, 6) is -6.92. The molecule has 6 aliphatic rings. The highest BCUT2D eigenvalue weighted by Crippen LogP contribution is 2.58. The number of aromatic nitrogens is 2. The lowest BCUT2D eigenvalue weighted by Crippen LogP contribution is -2.58. The third kappa shape index (κ3) is 14.8. The quantitative estimate of drug-likeness (QED) is 0.0758. The van der Waals surface area contributed by atoms with Crippen molar-refractivity contribution >= 4 is 41.8 Å². The fraction of sp³-hybridized carbons (Fsp3) is 0.481. The first-order valence-electron chi connectivity index (χ1n) is 34.9. The molecule has 1 aromatic heterocycles. The molecule has 3 saturated heterocycles. The van der Waals surface area contributed by atoms with Crippen LogP contribution in [0.4, 0.5) is 26.3 Å². The van der Waals surface area contributed by atoms with E-state index in [0.29, 0.717) is 55.2 Å². The Bertz CT molecular complexity index is 4620. The molecule has 0 unspecified atom stereocenters. The lowest BCUT2D eigenvalue weighted by atomic mass is 9.54. The number of halogens is 6. The molecule has 4 heterocycles. The van der Waals surface area contributed by atoms with Gasteiger partial charge in [0.05, 0.1) is 27.6 Å². The molecule has 7 aromatic rings. The summed E-state index contributed by atoms with van der Waals surface area (Å²) in [7, 11) is -6.92. The van der Waals surface area contributed by atoms with E-state index in [1.54, 1.807) is 107 Å². The van der Waals surface area contributed by atoms with E-state index >= 15 is 26.3 Å². The molecular formula is C77H89F6N5O14S3. The topological polar surface area (TPSA) is 253 Å². The van der Waals surface area contributed by atoms with Gasteiger partial charge in [0.25, 0.3) is 0 Å². The van der Waals surface area contributed by atoms with E-state index in [1.807, 2.05) is 26.0 Å². The summed E-state index contributed by atoms with van der Waals surface area (Å²) in [5.41, 5.74) is -4.33. The smallest absolute Gasteiger partial charge is 0.434 e. The van der Waals surface area contributed by atoms with Gasteiger partial charge in [-0.1, -0.05) is 91.0 Å². The minimum atomic E-state index is -3.83. The Morgan fingerprint density at radius 1 is 0.486 bits per heavy atom. The molecule has 19 nitrogen and oxygen atoms in total. The zero-order valence-corrected chi connectivity index (χ0v) is 62.7. The van der Waals surface area contributed by atoms with Crippen molar-refractivity contribution in [1.29, 1.82) is 0 Å². The van der Waals surface area contributed by atoms with Gasteiger partial charge in [0, 0.05) is 92.5 Å². The zero-order chi connectivity index (χ0) is 76.4. The number of carboxylic acids is 1. The summed E-state index contributed by atoms with van der Waals surface area (Å²) in [6, 6.07) is 31.7. The Morgan fingerprint density at radius 2 is 0.790 bits per heavy atom. The monoisotopic (exact) mass is 1520 g/mol. The van der Waals surface area contributed by atoms with Gasteiger partial charge in [0.15, 0.2) is 0 Å². The first kappa shape index (κ1) is 78.7. The highest BCUT2D eigenvalue weighted by atomic mass is 32.2. The fourth-order valence-electron chi connectivity index (χ4n) is 16.9. The molecule has 3 saturated carbocycles. The molecule has 6 aromatic carbocycles. The summed E-state index contributed by atoms with van der Waals surface area (Å²) in [4.78, 5) is 36.2. The van der Waals surface area contributed by atoms with Gasteiger partial charge in [0.2, 0.25) is 36.0 Å². The van der Waals surface area contributed by atoms with E-state index in [-0.39, 0.29) is 121 Å². The first-order valence-corrected chi connectivity index (χ1v) is 39.4. The molecular weight excluding hydrogens is 1430 g/mol. The number of rotatable bonds is 18. The second-order valence-electron chi connectivity index (χ2n) is 30.1. The number of nitrogens with zero attached hydrogens (tertiary/aromatic N) is 4. The summed E-state index contributed by atoms with van der Waals surface area (Å²) < 4.78 is 198. The van der Waals surface area contributed by atoms with Gasteiger partial charge in [-0.05, 0) is 179 Å². The SMILES string of the molecule is COC1(C)CC(C(=O)O)(c2cc(F)c(CN3[C@@H](C)CC[C@H](c4ccccc4)S3(=O)=O)cc2F)C1.COC1(C)CC(C(C)=O)(c2cc(F)c(CN3[C@@H](C)CC[C@H](c4ccccc4)S3(=O)=O)cc2F)C1.COC1(C)CC(c2n[nH]c(=O)o2)(c2cc(F)c(CN3[C@@H](C)CC[C@H](c4ccccc4)S3(=O)=O)cc2F)C1. The number of benzene rings is 6. The predicted molar refractivity (Wildman–Crippen MR) is 380 cm³/mol. The van der Waals surface area contributed by atoms with Crippen molar-refractivity contribution in [3.05, 3.63) is 229 Å². The van der Waals surface area contributed by atoms with Crippen LogP contribution in [0.5, 0.6) is 0 Å². The van der Waals surface area contributed by atoms with Crippen LogP contribution in [0.1, 0.15) is 197 Å². The Hall–Kier alpha value is -7.41. The largest absolute Gasteiger partial charge is 0.481 e. The van der Waals surface area contributed by atoms with Gasteiger partial charge in [-0.25, -0.2) is 61.5 Å². The van der Waals surface area contributed by atoms with Crippen LogP contribution >= 0.6 is 0 Å². The molecule has 105 heavy (non-hydrogen) atoms. The molecule has 3 aliphatic heterocycles. The number of ether oxygens (including phenoxy) is 3. The van der Waals surface area contributed by atoms with E-state index in [2.05, 4.69) is 10.2 Å². The summed E-state index contributed by atoms with van der Waals surface area (Å²) >= 11 is 0. The number of Topliss-reactive ketones (excluding diaryl/α,β-unsaturated/α-hetero) is 1. The maximum Gasteiger partial charge on any atom is 0.434 e. The van der Waals surface area contributed by atoms with E-state index in [0.717, 1.165) is 36.4 Å². The zero-order valence-electron chi connectivity index (χ0n) is 60.2. The highest BCUT2D eigenvalue weighted by molar-refractivity contribution is 7.90. The Kier molecular flexibility index (Phi) is 22.2. The van der Waals surface area contributed by atoms with Crippen LogP contribution in [0.15, 0.2) is 137 Å². The summed E-state index contributed by atoms with van der Waals surface area (Å²) in [5, 5.41) is 13.7. The highest BCUT2D eigenvalue weighted by Gasteiger charge is 2.62. The first-order chi connectivity index (χ1) is 49.4. The molecule has 0 bridgehead atoms. The second-order valence-corrected chi connectivity index (χ2v) is 36.3. The lowest BCUT2D eigenvalue weighted by molar-refractivity contribution is -0.167. The van der Waals surface area contributed by atoms with E-state index in [1.165, 1.54) is 41.2 Å². The van der Waals surface area contributed by atoms with Crippen LogP contribution in [0.3, 0.4) is 0 Å². The number of aromatic amines is 1. The summed E-state index contributed by atoms with van der Waals surface area (Å²) in [6.45, 7) is 11.2. The minimum Gasteiger partial charge on any atom is -0.481 e. The number of hydrogen-bond acceptors (Lipinski definition) is 14. The molecule has 13 rings (SSSR count). The van der Waals surface area contributed by atoms with Gasteiger partial charge < -0.3 is 23.7 Å². The molecule has 0 spiro atoms. The number of sulfonamides is 3. The second kappa shape index (κ2) is 29.6. The van der Waals surface area contributed by atoms with Crippen molar-refractivity contribution in [2.45, 2.75) is 212 Å². The van der Waals surface area contributed by atoms with Crippen molar-refractivity contribution in [2.24, 2.45) is 0 Å². The molecule has 6 fully saturated rings. The standard InChI is InChI=1S/C26H29F2N3O5S.C26H31F2NO4S.C25H29F2NO5S/c1-16-9-10-22(17-7-5-4-6-8-17)37(33,34)31(16)13-18-11-21(28)19(12-20(18)27)26(14-25(2,15-26)35-3)23-29-30-24(32)36-23;1-17-10-11-24(19-8-6-5-7-9-19)34(31,32)29(17)14-20-12-23(28)21(13-22(20)27)26(18(2)30)15-25(3,16-26)33-4;1-16-9-10-22(17-7-5-4-6-8-17)34(31,32)28(16)13-18-11-21(27)19(12-20(18)26)25(23(29)30)14-24(2,15-25)33-3/h4-8,11-12,16,22H,9-10,13-15H2,1-3H3,(H,30,32);5-9,12-13,17,24H,10-11,14-16H2,1-4H3;4-8,11-12,16,22H,9-10,13-15H2,1-3H3,(H,29,30)/t16-,22+,25?,26?;17-,24+,25?,26?;16-,22+,24?,25?/m000/s1. The maximum absolute atomic E-state index is 15.6. The Morgan fingerprint density at radius 3 is 1.10 bits per heavy atom. The maximum atomic E-state index is 15.6. The van der Waals surface area contributed by atoms with Crippen LogP contribution in [-0.2, 0) is 89.7 Å². The average Bonchev–Trinajstić information content (AvgIpc) is 1.51. The Labute approximate surface area is 608 Å². The van der Waals surface area contributed by atoms with Gasteiger partial charge >= 0.3 is 11.7 Å². The number of methoxy groups -OCH3 is 3. The number of nitrogens with one attached hydrogen (secondary N) is 1. The number of carbonyl (C=O) groups excluding carboxylic acids is 1. The van der Waals surface area contributed by atoms with Gasteiger partial charge in [0.1, 0.15) is 61.9 Å². The normalized spacial score (nSPS) is 30.6. The van der Waals surface area contributed by atoms with E-state index in [4.69, 9.17) is 18.6 Å². The van der Waals surface area contributed by atoms with Crippen molar-refractivity contribution in [2.75, 3.05) is 21.3 Å².